The summed E-state index contributed by atoms with van der Waals surface area (Å²) in [6, 6.07) is 7.03. The molecule has 0 saturated heterocycles. The number of carbonyl (C=O) groups excluding carboxylic acids is 1. The molecule has 1 aromatic heterocycles. The molecule has 1 atom stereocenters. The largest absolute Gasteiger partial charge is 0.486 e. The number of rotatable bonds is 3. The van der Waals surface area contributed by atoms with Crippen LogP contribution >= 0.6 is 0 Å². The molecule has 31 heavy (non-hydrogen) atoms. The van der Waals surface area contributed by atoms with Gasteiger partial charge in [-0.1, -0.05) is 6.07 Å². The number of ether oxygens (including phenoxy) is 3. The average molecular weight is 436 g/mol. The minimum atomic E-state index is -4.95. The van der Waals surface area contributed by atoms with Crippen LogP contribution in [0.3, 0.4) is 0 Å². The Morgan fingerprint density at radius 3 is 2.48 bits per heavy atom. The van der Waals surface area contributed by atoms with E-state index in [1.807, 2.05) is 0 Å². The maximum atomic E-state index is 13.8. The molecule has 3 aromatic rings. The Hall–Kier alpha value is -3.53. The van der Waals surface area contributed by atoms with Crippen LogP contribution in [0.2, 0.25) is 0 Å². The minimum absolute atomic E-state index is 0.0198. The van der Waals surface area contributed by atoms with Crippen LogP contribution in [-0.4, -0.2) is 25.2 Å². The Bertz CT molecular complexity index is 1230. The molecule has 0 fully saturated rings. The molecule has 10 heteroatoms. The van der Waals surface area contributed by atoms with Gasteiger partial charge in [-0.25, -0.2) is 4.79 Å². The van der Waals surface area contributed by atoms with Crippen molar-refractivity contribution >= 4 is 16.9 Å². The summed E-state index contributed by atoms with van der Waals surface area (Å²) in [5.41, 5.74) is 1.61. The van der Waals surface area contributed by atoms with E-state index in [1.165, 1.54) is 37.3 Å². The highest BCUT2D eigenvalue weighted by molar-refractivity contribution is 5.85. The third-order valence-electron chi connectivity index (χ3n) is 4.57. The molecule has 1 unspecified atom stereocenters. The third-order valence-corrected chi connectivity index (χ3v) is 4.57. The topological polar surface area (TPSA) is 103 Å². The summed E-state index contributed by atoms with van der Waals surface area (Å²) < 4.78 is 62.4. The van der Waals surface area contributed by atoms with E-state index in [-0.39, 0.29) is 34.6 Å². The number of esters is 1. The molecule has 7 nitrogen and oxygen atoms in total. The first-order valence-corrected chi connectivity index (χ1v) is 9.28. The van der Waals surface area contributed by atoms with E-state index in [0.29, 0.717) is 12.4 Å². The van der Waals surface area contributed by atoms with Crippen molar-refractivity contribution in [3.8, 4) is 28.4 Å². The molecule has 1 aliphatic rings. The van der Waals surface area contributed by atoms with Gasteiger partial charge < -0.3 is 24.4 Å². The SMILES string of the molecule is CC([NH3+])C(=O)Oc1ccc2c(=O)c(-c3ccc4c(c3)OCCO4)c(C(F)(F)F)oc2c1. The monoisotopic (exact) mass is 436 g/mol. The van der Waals surface area contributed by atoms with Crippen molar-refractivity contribution in [3.63, 3.8) is 0 Å². The zero-order valence-electron chi connectivity index (χ0n) is 16.2. The molecule has 0 amide bonds. The van der Waals surface area contributed by atoms with Crippen LogP contribution in [0.1, 0.15) is 12.7 Å². The lowest BCUT2D eigenvalue weighted by Crippen LogP contribution is -2.64. The molecule has 162 valence electrons. The highest BCUT2D eigenvalue weighted by Gasteiger charge is 2.39. The Kier molecular flexibility index (Phi) is 5.10. The number of benzene rings is 2. The molecule has 3 N–H and O–H groups in total. The first-order valence-electron chi connectivity index (χ1n) is 9.28. The average Bonchev–Trinajstić information content (AvgIpc) is 2.72. The van der Waals surface area contributed by atoms with E-state index < -0.39 is 34.9 Å². The number of quaternary nitrogens is 1. The van der Waals surface area contributed by atoms with Crippen molar-refractivity contribution in [2.75, 3.05) is 13.2 Å². The fourth-order valence-corrected chi connectivity index (χ4v) is 3.11. The molecule has 1 aliphatic heterocycles. The summed E-state index contributed by atoms with van der Waals surface area (Å²) >= 11 is 0. The van der Waals surface area contributed by atoms with Gasteiger partial charge in [-0.15, -0.1) is 0 Å². The van der Waals surface area contributed by atoms with E-state index in [1.54, 1.807) is 0 Å². The standard InChI is InChI=1S/C21H16F3NO6/c1-10(25)20(27)30-12-3-4-13-15(9-12)31-19(21(22,23)24)17(18(13)26)11-2-5-14-16(8-11)29-7-6-28-14/h2-5,8-10H,6-7,25H2,1H3/p+1. The normalized spacial score (nSPS) is 14.4. The first-order chi connectivity index (χ1) is 14.6. The zero-order valence-corrected chi connectivity index (χ0v) is 16.2. The highest BCUT2D eigenvalue weighted by Crippen LogP contribution is 2.40. The van der Waals surface area contributed by atoms with Crippen molar-refractivity contribution < 1.29 is 42.3 Å². The van der Waals surface area contributed by atoms with Crippen LogP contribution in [0.5, 0.6) is 17.2 Å². The van der Waals surface area contributed by atoms with E-state index in [2.05, 4.69) is 5.73 Å². The lowest BCUT2D eigenvalue weighted by molar-refractivity contribution is -0.401. The fourth-order valence-electron chi connectivity index (χ4n) is 3.11. The third kappa shape index (κ3) is 3.93. The van der Waals surface area contributed by atoms with Gasteiger partial charge in [0, 0.05) is 6.07 Å². The second kappa shape index (κ2) is 7.62. The Morgan fingerprint density at radius 2 is 1.81 bits per heavy atom. The van der Waals surface area contributed by atoms with Crippen molar-refractivity contribution in [1.82, 2.24) is 0 Å². The maximum Gasteiger partial charge on any atom is 0.450 e. The van der Waals surface area contributed by atoms with Gasteiger partial charge in [0.25, 0.3) is 0 Å². The summed E-state index contributed by atoms with van der Waals surface area (Å²) in [6.07, 6.45) is -4.95. The first kappa shape index (κ1) is 20.7. The molecule has 0 bridgehead atoms. The summed E-state index contributed by atoms with van der Waals surface area (Å²) in [7, 11) is 0. The van der Waals surface area contributed by atoms with E-state index in [0.717, 1.165) is 6.07 Å². The molecular formula is C21H17F3NO6+. The van der Waals surface area contributed by atoms with Gasteiger partial charge in [0.2, 0.25) is 11.2 Å². The minimum Gasteiger partial charge on any atom is -0.486 e. The van der Waals surface area contributed by atoms with Crippen LogP contribution < -0.4 is 25.4 Å². The molecule has 0 aliphatic carbocycles. The van der Waals surface area contributed by atoms with E-state index >= 15 is 0 Å². The van der Waals surface area contributed by atoms with Gasteiger partial charge in [-0.05, 0) is 36.8 Å². The van der Waals surface area contributed by atoms with Crippen LogP contribution in [0.4, 0.5) is 13.2 Å². The summed E-state index contributed by atoms with van der Waals surface area (Å²) in [4.78, 5) is 24.8. The molecule has 4 rings (SSSR count). The molecule has 0 radical (unpaired) electrons. The van der Waals surface area contributed by atoms with Crippen molar-refractivity contribution in [1.29, 1.82) is 0 Å². The molecule has 0 spiro atoms. The number of hydrogen-bond donors (Lipinski definition) is 1. The highest BCUT2D eigenvalue weighted by atomic mass is 19.4. The van der Waals surface area contributed by atoms with Gasteiger partial charge in [-0.3, -0.25) is 4.79 Å². The predicted octanol–water partition coefficient (Wildman–Crippen LogP) is 2.79. The van der Waals surface area contributed by atoms with Gasteiger partial charge in [0.1, 0.15) is 24.5 Å². The predicted molar refractivity (Wildman–Crippen MR) is 102 cm³/mol. The number of fused-ring (bicyclic) bond motifs is 2. The summed E-state index contributed by atoms with van der Waals surface area (Å²) in [5.74, 6) is -1.58. The maximum absolute atomic E-state index is 13.8. The van der Waals surface area contributed by atoms with Gasteiger partial charge in [-0.2, -0.15) is 13.2 Å². The summed E-state index contributed by atoms with van der Waals surface area (Å²) in [6.45, 7) is 2.06. The lowest BCUT2D eigenvalue weighted by atomic mass is 10.0. The smallest absolute Gasteiger partial charge is 0.450 e. The number of halogens is 3. The Morgan fingerprint density at radius 1 is 1.10 bits per heavy atom. The Labute approximate surface area is 173 Å². The van der Waals surface area contributed by atoms with Crippen molar-refractivity contribution in [2.45, 2.75) is 19.1 Å². The molecule has 2 aromatic carbocycles. The molecule has 2 heterocycles. The fraction of sp³-hybridized carbons (Fsp3) is 0.238. The van der Waals surface area contributed by atoms with Gasteiger partial charge >= 0.3 is 12.1 Å². The number of alkyl halides is 3. The second-order valence-electron chi connectivity index (χ2n) is 6.97. The van der Waals surface area contributed by atoms with E-state index in [9.17, 15) is 22.8 Å². The Balaban J connectivity index is 1.90. The quantitative estimate of drug-likeness (QED) is 0.500. The van der Waals surface area contributed by atoms with Crippen molar-refractivity contribution in [2.24, 2.45) is 0 Å². The number of hydrogen-bond acceptors (Lipinski definition) is 6. The van der Waals surface area contributed by atoms with Crippen molar-refractivity contribution in [3.05, 3.63) is 52.4 Å². The van der Waals surface area contributed by atoms with Crippen LogP contribution in [0.25, 0.3) is 22.1 Å². The molecular weight excluding hydrogens is 419 g/mol. The van der Waals surface area contributed by atoms with Crippen LogP contribution in [-0.2, 0) is 11.0 Å². The van der Waals surface area contributed by atoms with Gasteiger partial charge in [0.05, 0.1) is 10.9 Å². The van der Waals surface area contributed by atoms with Crippen LogP contribution in [0.15, 0.2) is 45.6 Å². The summed E-state index contributed by atoms with van der Waals surface area (Å²) in [5, 5.41) is -0.0969. The van der Waals surface area contributed by atoms with E-state index in [4.69, 9.17) is 18.6 Å². The number of carbonyl (C=O) groups is 1. The van der Waals surface area contributed by atoms with Gasteiger partial charge in [0.15, 0.2) is 17.5 Å². The molecule has 0 saturated carbocycles. The second-order valence-corrected chi connectivity index (χ2v) is 6.97. The lowest BCUT2D eigenvalue weighted by Gasteiger charge is -2.19. The van der Waals surface area contributed by atoms with Crippen LogP contribution in [0, 0.1) is 0 Å². The zero-order chi connectivity index (χ0) is 22.3.